The molecule has 0 spiro atoms. The van der Waals surface area contributed by atoms with Crippen LogP contribution in [0.2, 0.25) is 0 Å². The van der Waals surface area contributed by atoms with Crippen LogP contribution in [0.15, 0.2) is 0 Å². The first kappa shape index (κ1) is 14.8. The molecule has 2 aliphatic rings. The van der Waals surface area contributed by atoms with E-state index in [9.17, 15) is 9.90 Å². The average molecular weight is 270 g/mol. The minimum Gasteiger partial charge on any atom is -0.395 e. The lowest BCUT2D eigenvalue weighted by molar-refractivity contribution is -0.139. The molecule has 19 heavy (non-hydrogen) atoms. The summed E-state index contributed by atoms with van der Waals surface area (Å²) >= 11 is 0. The predicted molar refractivity (Wildman–Crippen MR) is 72.8 cm³/mol. The molecule has 110 valence electrons. The zero-order chi connectivity index (χ0) is 13.7. The highest BCUT2D eigenvalue weighted by Gasteiger charge is 2.34. The fraction of sp³-hybridized carbons (Fsp3) is 0.929. The number of carbonyl (C=O) groups excluding carboxylic acids is 1. The van der Waals surface area contributed by atoms with Gasteiger partial charge in [0, 0.05) is 32.7 Å². The van der Waals surface area contributed by atoms with Crippen LogP contribution in [0.4, 0.5) is 0 Å². The second kappa shape index (κ2) is 6.68. The quantitative estimate of drug-likeness (QED) is 0.766. The molecule has 5 nitrogen and oxygen atoms in total. The van der Waals surface area contributed by atoms with Crippen LogP contribution in [-0.4, -0.2) is 70.9 Å². The lowest BCUT2D eigenvalue weighted by Crippen LogP contribution is -2.51. The highest BCUT2D eigenvalue weighted by Crippen LogP contribution is 2.31. The van der Waals surface area contributed by atoms with Gasteiger partial charge in [-0.25, -0.2) is 0 Å². The van der Waals surface area contributed by atoms with Crippen molar-refractivity contribution in [3.05, 3.63) is 0 Å². The molecule has 0 aromatic carbocycles. The Hall–Kier alpha value is -0.650. The van der Waals surface area contributed by atoms with Crippen LogP contribution in [0.5, 0.6) is 0 Å². The van der Waals surface area contributed by atoms with Crippen molar-refractivity contribution in [2.45, 2.75) is 44.1 Å². The number of aliphatic hydroxyl groups excluding tert-OH is 1. The van der Waals surface area contributed by atoms with Gasteiger partial charge in [-0.05, 0) is 12.8 Å². The van der Waals surface area contributed by atoms with E-state index in [1.165, 1.54) is 6.42 Å². The van der Waals surface area contributed by atoms with Crippen LogP contribution in [0.1, 0.15) is 38.5 Å². The van der Waals surface area contributed by atoms with E-state index in [1.54, 1.807) is 0 Å². The Balaban J connectivity index is 1.77. The first-order chi connectivity index (χ1) is 9.13. The lowest BCUT2D eigenvalue weighted by atomic mass is 9.82. The van der Waals surface area contributed by atoms with Gasteiger partial charge >= 0.3 is 0 Å². The highest BCUT2D eigenvalue weighted by molar-refractivity contribution is 5.77. The number of piperazine rings is 1. The number of rotatable bonds is 4. The Morgan fingerprint density at radius 2 is 1.68 bits per heavy atom. The Bertz CT molecular complexity index is 295. The monoisotopic (exact) mass is 270 g/mol. The van der Waals surface area contributed by atoms with E-state index < -0.39 is 5.60 Å². The minimum atomic E-state index is -0.752. The molecule has 0 bridgehead atoms. The van der Waals surface area contributed by atoms with Crippen LogP contribution in [-0.2, 0) is 4.79 Å². The van der Waals surface area contributed by atoms with Gasteiger partial charge < -0.3 is 15.1 Å². The van der Waals surface area contributed by atoms with Crippen molar-refractivity contribution in [1.82, 2.24) is 9.80 Å². The molecule has 2 rings (SSSR count). The van der Waals surface area contributed by atoms with Gasteiger partial charge in [0.2, 0.25) is 5.91 Å². The molecule has 2 fully saturated rings. The number of nitrogens with zero attached hydrogens (tertiary/aromatic N) is 2. The largest absolute Gasteiger partial charge is 0.395 e. The summed E-state index contributed by atoms with van der Waals surface area (Å²) in [7, 11) is 0. The zero-order valence-electron chi connectivity index (χ0n) is 11.7. The Labute approximate surface area is 115 Å². The first-order valence-electron chi connectivity index (χ1n) is 7.46. The van der Waals surface area contributed by atoms with Crippen molar-refractivity contribution in [3.63, 3.8) is 0 Å². The van der Waals surface area contributed by atoms with Gasteiger partial charge in [0.05, 0.1) is 18.6 Å². The first-order valence-corrected chi connectivity index (χ1v) is 7.46. The van der Waals surface area contributed by atoms with Crippen LogP contribution < -0.4 is 0 Å². The van der Waals surface area contributed by atoms with Crippen LogP contribution in [0.3, 0.4) is 0 Å². The third kappa shape index (κ3) is 4.16. The summed E-state index contributed by atoms with van der Waals surface area (Å²) in [5.74, 6) is 0.0908. The molecule has 1 aliphatic heterocycles. The summed E-state index contributed by atoms with van der Waals surface area (Å²) in [6, 6.07) is 0. The maximum atomic E-state index is 12.2. The van der Waals surface area contributed by atoms with E-state index in [-0.39, 0.29) is 18.9 Å². The van der Waals surface area contributed by atoms with Crippen LogP contribution >= 0.6 is 0 Å². The SMILES string of the molecule is O=C(CC1(O)CCCCC1)N1CCN(CCO)CC1. The molecule has 1 saturated carbocycles. The number of aliphatic hydroxyl groups is 2. The van der Waals surface area contributed by atoms with Crippen molar-refractivity contribution in [2.24, 2.45) is 0 Å². The summed E-state index contributed by atoms with van der Waals surface area (Å²) in [6.45, 7) is 3.94. The predicted octanol–water partition coefficient (Wildman–Crippen LogP) is 0.208. The third-order valence-electron chi connectivity index (χ3n) is 4.41. The second-order valence-corrected chi connectivity index (χ2v) is 5.91. The molecule has 1 saturated heterocycles. The summed E-state index contributed by atoms with van der Waals surface area (Å²) in [5.41, 5.74) is -0.752. The number of hydrogen-bond acceptors (Lipinski definition) is 4. The summed E-state index contributed by atoms with van der Waals surface area (Å²) in [5, 5.41) is 19.3. The number of β-amino-alcohol motifs (C(OH)–C–C–N with tert-alkyl or cyclic N) is 1. The molecular weight excluding hydrogens is 244 g/mol. The molecular formula is C14H26N2O3. The van der Waals surface area contributed by atoms with E-state index in [1.807, 2.05) is 4.90 Å². The maximum absolute atomic E-state index is 12.2. The fourth-order valence-electron chi connectivity index (χ4n) is 3.14. The molecule has 2 N–H and O–H groups in total. The number of amides is 1. The second-order valence-electron chi connectivity index (χ2n) is 5.91. The Morgan fingerprint density at radius 3 is 2.26 bits per heavy atom. The summed E-state index contributed by atoms with van der Waals surface area (Å²) in [6.07, 6.45) is 5.07. The van der Waals surface area contributed by atoms with Crippen LogP contribution in [0, 0.1) is 0 Å². The van der Waals surface area contributed by atoms with Crippen molar-refractivity contribution in [2.75, 3.05) is 39.3 Å². The van der Waals surface area contributed by atoms with Gasteiger partial charge in [-0.1, -0.05) is 19.3 Å². The molecule has 0 atom stereocenters. The molecule has 5 heteroatoms. The van der Waals surface area contributed by atoms with Gasteiger partial charge in [-0.3, -0.25) is 9.69 Å². The van der Waals surface area contributed by atoms with Crippen molar-refractivity contribution in [1.29, 1.82) is 0 Å². The van der Waals surface area contributed by atoms with Gasteiger partial charge in [0.15, 0.2) is 0 Å². The van der Waals surface area contributed by atoms with Gasteiger partial charge in [0.25, 0.3) is 0 Å². The molecule has 0 unspecified atom stereocenters. The number of carbonyl (C=O) groups is 1. The van der Waals surface area contributed by atoms with E-state index >= 15 is 0 Å². The Kier molecular flexibility index (Phi) is 5.19. The number of hydrogen-bond donors (Lipinski definition) is 2. The molecule has 1 amide bonds. The van der Waals surface area contributed by atoms with E-state index in [0.29, 0.717) is 6.54 Å². The lowest BCUT2D eigenvalue weighted by Gasteiger charge is -2.37. The van der Waals surface area contributed by atoms with Gasteiger partial charge in [-0.15, -0.1) is 0 Å². The van der Waals surface area contributed by atoms with E-state index in [0.717, 1.165) is 51.9 Å². The maximum Gasteiger partial charge on any atom is 0.225 e. The van der Waals surface area contributed by atoms with Crippen molar-refractivity contribution >= 4 is 5.91 Å². The summed E-state index contributed by atoms with van der Waals surface area (Å²) < 4.78 is 0. The van der Waals surface area contributed by atoms with Gasteiger partial charge in [-0.2, -0.15) is 0 Å². The normalized spacial score (nSPS) is 24.4. The zero-order valence-corrected chi connectivity index (χ0v) is 11.7. The van der Waals surface area contributed by atoms with E-state index in [2.05, 4.69) is 4.90 Å². The Morgan fingerprint density at radius 1 is 1.05 bits per heavy atom. The molecule has 0 aromatic rings. The fourth-order valence-corrected chi connectivity index (χ4v) is 3.14. The standard InChI is InChI=1S/C14H26N2O3/c17-11-10-15-6-8-16(9-7-15)13(18)12-14(19)4-2-1-3-5-14/h17,19H,1-12H2. The minimum absolute atomic E-state index is 0.0908. The topological polar surface area (TPSA) is 64.0 Å². The average Bonchev–Trinajstić information content (AvgIpc) is 2.40. The molecule has 1 heterocycles. The molecule has 1 aliphatic carbocycles. The van der Waals surface area contributed by atoms with Crippen molar-refractivity contribution < 1.29 is 15.0 Å². The molecule has 0 aromatic heterocycles. The van der Waals surface area contributed by atoms with Gasteiger partial charge in [0.1, 0.15) is 0 Å². The third-order valence-corrected chi connectivity index (χ3v) is 4.41. The summed E-state index contributed by atoms with van der Waals surface area (Å²) in [4.78, 5) is 16.3. The van der Waals surface area contributed by atoms with Crippen LogP contribution in [0.25, 0.3) is 0 Å². The molecule has 0 radical (unpaired) electrons. The smallest absolute Gasteiger partial charge is 0.225 e. The van der Waals surface area contributed by atoms with E-state index in [4.69, 9.17) is 5.11 Å². The van der Waals surface area contributed by atoms with Crippen molar-refractivity contribution in [3.8, 4) is 0 Å². The highest BCUT2D eigenvalue weighted by atomic mass is 16.3.